The summed E-state index contributed by atoms with van der Waals surface area (Å²) in [6.45, 7) is 1.60. The lowest BCUT2D eigenvalue weighted by Crippen LogP contribution is -2.06. The molecular formula is C11H11FOS. The second kappa shape index (κ2) is 3.73. The van der Waals surface area contributed by atoms with E-state index in [4.69, 9.17) is 0 Å². The Morgan fingerprint density at radius 2 is 2.43 bits per heavy atom. The van der Waals surface area contributed by atoms with Gasteiger partial charge in [-0.15, -0.1) is 11.8 Å². The molecule has 1 aliphatic heterocycles. The van der Waals surface area contributed by atoms with E-state index in [1.165, 1.54) is 6.07 Å². The maximum Gasteiger partial charge on any atom is 0.130 e. The van der Waals surface area contributed by atoms with Gasteiger partial charge in [-0.2, -0.15) is 0 Å². The third-order valence-electron chi connectivity index (χ3n) is 2.28. The third kappa shape index (κ3) is 1.98. The molecule has 1 unspecified atom stereocenters. The first-order valence-corrected chi connectivity index (χ1v) is 5.47. The topological polar surface area (TPSA) is 17.1 Å². The van der Waals surface area contributed by atoms with E-state index >= 15 is 0 Å². The van der Waals surface area contributed by atoms with Crippen LogP contribution in [0, 0.1) is 5.82 Å². The lowest BCUT2D eigenvalue weighted by atomic mass is 10.1. The third-order valence-corrected chi connectivity index (χ3v) is 3.60. The fraction of sp³-hybridized carbons (Fsp3) is 0.364. The molecule has 0 amide bonds. The van der Waals surface area contributed by atoms with Crippen molar-refractivity contribution in [2.75, 3.05) is 0 Å². The number of hydrogen-bond acceptors (Lipinski definition) is 2. The highest BCUT2D eigenvalue weighted by Crippen LogP contribution is 2.38. The van der Waals surface area contributed by atoms with Crippen LogP contribution in [0.2, 0.25) is 0 Å². The van der Waals surface area contributed by atoms with Crippen LogP contribution < -0.4 is 0 Å². The van der Waals surface area contributed by atoms with Crippen molar-refractivity contribution in [1.82, 2.24) is 0 Å². The van der Waals surface area contributed by atoms with Gasteiger partial charge in [-0.1, -0.05) is 0 Å². The molecule has 0 saturated heterocycles. The number of hydrogen-bond donors (Lipinski definition) is 0. The first kappa shape index (κ1) is 9.71. The average molecular weight is 210 g/mol. The average Bonchev–Trinajstić information content (AvgIpc) is 2.44. The molecule has 1 heterocycles. The van der Waals surface area contributed by atoms with Gasteiger partial charge in [-0.3, -0.25) is 4.79 Å². The van der Waals surface area contributed by atoms with Crippen molar-refractivity contribution in [2.24, 2.45) is 0 Å². The minimum absolute atomic E-state index is 0.187. The second-order valence-corrected chi connectivity index (χ2v) is 4.94. The zero-order valence-corrected chi connectivity index (χ0v) is 8.73. The summed E-state index contributed by atoms with van der Waals surface area (Å²) < 4.78 is 12.9. The summed E-state index contributed by atoms with van der Waals surface area (Å²) in [6, 6.07) is 4.85. The van der Waals surface area contributed by atoms with Crippen molar-refractivity contribution >= 4 is 17.5 Å². The molecule has 1 aliphatic rings. The fourth-order valence-corrected chi connectivity index (χ4v) is 3.10. The van der Waals surface area contributed by atoms with E-state index in [1.54, 1.807) is 30.8 Å². The lowest BCUT2D eigenvalue weighted by Gasteiger charge is -2.03. The van der Waals surface area contributed by atoms with Gasteiger partial charge in [0.25, 0.3) is 0 Å². The zero-order valence-electron chi connectivity index (χ0n) is 7.92. The number of Topliss-reactive ketones (excluding diaryl/α,β-unsaturated/α-hetero) is 1. The Kier molecular flexibility index (Phi) is 2.59. The molecule has 0 fully saturated rings. The number of rotatable bonds is 2. The molecule has 0 aromatic heterocycles. The summed E-state index contributed by atoms with van der Waals surface area (Å²) in [5.41, 5.74) is 1.04. The highest BCUT2D eigenvalue weighted by Gasteiger charge is 2.23. The normalized spacial score (nSPS) is 19.4. The summed E-state index contributed by atoms with van der Waals surface area (Å²) >= 11 is 1.69. The summed E-state index contributed by atoms with van der Waals surface area (Å²) in [5, 5.41) is 0.310. The molecule has 3 heteroatoms. The Balaban J connectivity index is 2.14. The summed E-state index contributed by atoms with van der Waals surface area (Å²) in [4.78, 5) is 12.1. The quantitative estimate of drug-likeness (QED) is 0.746. The van der Waals surface area contributed by atoms with Crippen molar-refractivity contribution in [2.45, 2.75) is 29.9 Å². The Morgan fingerprint density at radius 1 is 1.64 bits per heavy atom. The predicted molar refractivity (Wildman–Crippen MR) is 55.0 cm³/mol. The van der Waals surface area contributed by atoms with E-state index < -0.39 is 0 Å². The smallest absolute Gasteiger partial charge is 0.130 e. The van der Waals surface area contributed by atoms with E-state index in [0.717, 1.165) is 16.9 Å². The number of halogens is 1. The summed E-state index contributed by atoms with van der Waals surface area (Å²) in [6.07, 6.45) is 1.40. The highest BCUT2D eigenvalue weighted by atomic mass is 32.2. The Labute approximate surface area is 86.7 Å². The first-order chi connectivity index (χ1) is 6.65. The van der Waals surface area contributed by atoms with Crippen LogP contribution in [-0.2, 0) is 11.2 Å². The summed E-state index contributed by atoms with van der Waals surface area (Å²) in [7, 11) is 0. The summed E-state index contributed by atoms with van der Waals surface area (Å²) in [5.74, 6) is 0.0172. The molecule has 1 nitrogen and oxygen atoms in total. The number of carbonyl (C=O) groups excluding carboxylic acids is 1. The predicted octanol–water partition coefficient (Wildman–Crippen LogP) is 2.82. The number of ketones is 1. The largest absolute Gasteiger partial charge is 0.300 e. The van der Waals surface area contributed by atoms with Gasteiger partial charge < -0.3 is 0 Å². The molecule has 14 heavy (non-hydrogen) atoms. The van der Waals surface area contributed by atoms with E-state index in [1.807, 2.05) is 0 Å². The fourth-order valence-electron chi connectivity index (χ4n) is 1.72. The Hall–Kier alpha value is -0.830. The van der Waals surface area contributed by atoms with Crippen LogP contribution in [0.3, 0.4) is 0 Å². The maximum atomic E-state index is 12.9. The molecule has 0 aliphatic carbocycles. The van der Waals surface area contributed by atoms with Crippen molar-refractivity contribution in [1.29, 1.82) is 0 Å². The van der Waals surface area contributed by atoms with Crippen molar-refractivity contribution in [3.05, 3.63) is 29.6 Å². The molecule has 1 aromatic rings. The van der Waals surface area contributed by atoms with Gasteiger partial charge in [0, 0.05) is 16.6 Å². The molecule has 0 bridgehead atoms. The van der Waals surface area contributed by atoms with Crippen LogP contribution >= 0.6 is 11.8 Å². The number of thioether (sulfide) groups is 1. The molecule has 0 spiro atoms. The molecule has 0 N–H and O–H groups in total. The highest BCUT2D eigenvalue weighted by molar-refractivity contribution is 8.00. The van der Waals surface area contributed by atoms with E-state index in [-0.39, 0.29) is 11.6 Å². The maximum absolute atomic E-state index is 12.9. The van der Waals surface area contributed by atoms with Gasteiger partial charge >= 0.3 is 0 Å². The number of fused-ring (bicyclic) bond motifs is 1. The Morgan fingerprint density at radius 3 is 3.14 bits per heavy atom. The molecule has 0 radical (unpaired) electrons. The van der Waals surface area contributed by atoms with Gasteiger partial charge in [-0.25, -0.2) is 4.39 Å². The van der Waals surface area contributed by atoms with Gasteiger partial charge in [0.15, 0.2) is 0 Å². The molecule has 1 atom stereocenters. The van der Waals surface area contributed by atoms with Gasteiger partial charge in [0.2, 0.25) is 0 Å². The number of carbonyl (C=O) groups is 1. The van der Waals surface area contributed by atoms with Gasteiger partial charge in [-0.05, 0) is 37.1 Å². The minimum atomic E-state index is -0.187. The van der Waals surface area contributed by atoms with Crippen molar-refractivity contribution in [3.8, 4) is 0 Å². The standard InChI is InChI=1S/C11H11FOS/c1-7(13)4-10-6-8-5-9(12)2-3-11(8)14-10/h2-3,5,10H,4,6H2,1H3. The van der Waals surface area contributed by atoms with E-state index in [9.17, 15) is 9.18 Å². The molecular weight excluding hydrogens is 199 g/mol. The van der Waals surface area contributed by atoms with Gasteiger partial charge in [0.05, 0.1) is 0 Å². The molecule has 0 saturated carbocycles. The van der Waals surface area contributed by atoms with E-state index in [0.29, 0.717) is 11.7 Å². The first-order valence-electron chi connectivity index (χ1n) is 4.59. The van der Waals surface area contributed by atoms with Crippen LogP contribution in [0.5, 0.6) is 0 Å². The Bertz CT molecular complexity index is 376. The van der Waals surface area contributed by atoms with Crippen LogP contribution in [0.4, 0.5) is 4.39 Å². The number of benzene rings is 1. The minimum Gasteiger partial charge on any atom is -0.300 e. The van der Waals surface area contributed by atoms with Crippen LogP contribution in [0.15, 0.2) is 23.1 Å². The molecule has 74 valence electrons. The molecule has 1 aromatic carbocycles. The SMILES string of the molecule is CC(=O)CC1Cc2cc(F)ccc2S1. The van der Waals surface area contributed by atoms with Crippen LogP contribution in [-0.4, -0.2) is 11.0 Å². The van der Waals surface area contributed by atoms with Crippen molar-refractivity contribution in [3.63, 3.8) is 0 Å². The monoisotopic (exact) mass is 210 g/mol. The van der Waals surface area contributed by atoms with Crippen LogP contribution in [0.25, 0.3) is 0 Å². The van der Waals surface area contributed by atoms with E-state index in [2.05, 4.69) is 0 Å². The zero-order chi connectivity index (χ0) is 10.1. The van der Waals surface area contributed by atoms with Crippen LogP contribution in [0.1, 0.15) is 18.9 Å². The molecule has 2 rings (SSSR count). The lowest BCUT2D eigenvalue weighted by molar-refractivity contribution is -0.116. The second-order valence-electron chi connectivity index (χ2n) is 3.60. The van der Waals surface area contributed by atoms with Crippen molar-refractivity contribution < 1.29 is 9.18 Å². The van der Waals surface area contributed by atoms with Gasteiger partial charge in [0.1, 0.15) is 11.6 Å².